The van der Waals surface area contributed by atoms with Gasteiger partial charge in [0.25, 0.3) is 0 Å². The van der Waals surface area contributed by atoms with Crippen molar-refractivity contribution in [3.05, 3.63) is 16.1 Å². The highest BCUT2D eigenvalue weighted by atomic mass is 32.1. The molecule has 3 heteroatoms. The van der Waals surface area contributed by atoms with Gasteiger partial charge < -0.3 is 5.73 Å². The molecule has 1 heterocycles. The molecular formula is C13H20N2S. The van der Waals surface area contributed by atoms with E-state index in [0.29, 0.717) is 12.0 Å². The first-order valence-corrected chi connectivity index (χ1v) is 7.42. The van der Waals surface area contributed by atoms with Gasteiger partial charge in [-0.2, -0.15) is 0 Å². The second-order valence-corrected chi connectivity index (χ2v) is 6.24. The van der Waals surface area contributed by atoms with E-state index in [1.807, 2.05) is 11.3 Å². The second-order valence-electron chi connectivity index (χ2n) is 5.35. The summed E-state index contributed by atoms with van der Waals surface area (Å²) in [4.78, 5) is 4.86. The Morgan fingerprint density at radius 2 is 1.81 bits per heavy atom. The van der Waals surface area contributed by atoms with Crippen LogP contribution in [-0.4, -0.2) is 11.0 Å². The highest BCUT2D eigenvalue weighted by Crippen LogP contribution is 2.40. The standard InChI is InChI=1S/C13H20N2S/c14-11-6-4-9(5-7-11)12-8-16-13(15-12)10-2-1-3-10/h8-11H,1-7,14H2. The maximum absolute atomic E-state index is 5.94. The first-order chi connectivity index (χ1) is 7.83. The smallest absolute Gasteiger partial charge is 0.0959 e. The third-order valence-electron chi connectivity index (χ3n) is 4.18. The Bertz CT molecular complexity index is 349. The number of thiazole rings is 1. The molecule has 0 bridgehead atoms. The molecule has 16 heavy (non-hydrogen) atoms. The fourth-order valence-electron chi connectivity index (χ4n) is 2.75. The van der Waals surface area contributed by atoms with E-state index in [1.165, 1.54) is 55.6 Å². The molecule has 0 aliphatic heterocycles. The third-order valence-corrected chi connectivity index (χ3v) is 5.21. The van der Waals surface area contributed by atoms with Gasteiger partial charge in [0.15, 0.2) is 0 Å². The molecule has 88 valence electrons. The van der Waals surface area contributed by atoms with E-state index >= 15 is 0 Å². The zero-order chi connectivity index (χ0) is 11.0. The van der Waals surface area contributed by atoms with Crippen molar-refractivity contribution >= 4 is 11.3 Å². The predicted molar refractivity (Wildman–Crippen MR) is 67.9 cm³/mol. The predicted octanol–water partition coefficient (Wildman–Crippen LogP) is 3.40. The van der Waals surface area contributed by atoms with Crippen molar-refractivity contribution in [1.82, 2.24) is 4.98 Å². The van der Waals surface area contributed by atoms with Crippen LogP contribution in [0.3, 0.4) is 0 Å². The molecule has 1 aromatic rings. The van der Waals surface area contributed by atoms with E-state index < -0.39 is 0 Å². The van der Waals surface area contributed by atoms with Crippen molar-refractivity contribution in [2.24, 2.45) is 5.73 Å². The molecular weight excluding hydrogens is 216 g/mol. The molecule has 2 N–H and O–H groups in total. The van der Waals surface area contributed by atoms with E-state index in [2.05, 4.69) is 5.38 Å². The Balaban J connectivity index is 1.67. The SMILES string of the molecule is NC1CCC(c2csc(C3CCC3)n2)CC1. The molecule has 0 atom stereocenters. The summed E-state index contributed by atoms with van der Waals surface area (Å²) in [6, 6.07) is 0.445. The molecule has 0 spiro atoms. The van der Waals surface area contributed by atoms with E-state index in [0.717, 1.165) is 5.92 Å². The van der Waals surface area contributed by atoms with Crippen LogP contribution < -0.4 is 5.73 Å². The van der Waals surface area contributed by atoms with Gasteiger partial charge in [-0.15, -0.1) is 11.3 Å². The number of nitrogens with zero attached hydrogens (tertiary/aromatic N) is 1. The molecule has 2 fully saturated rings. The molecule has 0 unspecified atom stereocenters. The average Bonchev–Trinajstić information content (AvgIpc) is 2.65. The van der Waals surface area contributed by atoms with Gasteiger partial charge in [-0.1, -0.05) is 6.42 Å². The maximum Gasteiger partial charge on any atom is 0.0959 e. The zero-order valence-corrected chi connectivity index (χ0v) is 10.5. The fraction of sp³-hybridized carbons (Fsp3) is 0.769. The maximum atomic E-state index is 5.94. The molecule has 0 aromatic carbocycles. The summed E-state index contributed by atoms with van der Waals surface area (Å²) >= 11 is 1.89. The Morgan fingerprint density at radius 1 is 1.06 bits per heavy atom. The Hall–Kier alpha value is -0.410. The van der Waals surface area contributed by atoms with Crippen molar-refractivity contribution in [3.63, 3.8) is 0 Å². The summed E-state index contributed by atoms with van der Waals surface area (Å²) in [7, 11) is 0. The number of aromatic nitrogens is 1. The van der Waals surface area contributed by atoms with Crippen LogP contribution in [0, 0.1) is 0 Å². The van der Waals surface area contributed by atoms with Crippen LogP contribution in [0.25, 0.3) is 0 Å². The van der Waals surface area contributed by atoms with E-state index in [1.54, 1.807) is 0 Å². The van der Waals surface area contributed by atoms with Crippen molar-refractivity contribution < 1.29 is 0 Å². The summed E-state index contributed by atoms with van der Waals surface area (Å²) in [6.07, 6.45) is 8.98. The van der Waals surface area contributed by atoms with Crippen LogP contribution in [0.1, 0.15) is 67.5 Å². The average molecular weight is 236 g/mol. The number of rotatable bonds is 2. The number of hydrogen-bond donors (Lipinski definition) is 1. The monoisotopic (exact) mass is 236 g/mol. The summed E-state index contributed by atoms with van der Waals surface area (Å²) in [6.45, 7) is 0. The Kier molecular flexibility index (Phi) is 2.99. The largest absolute Gasteiger partial charge is 0.328 e. The molecule has 3 rings (SSSR count). The van der Waals surface area contributed by atoms with Gasteiger partial charge in [-0.05, 0) is 38.5 Å². The Morgan fingerprint density at radius 3 is 2.44 bits per heavy atom. The number of nitrogens with two attached hydrogens (primary N) is 1. The van der Waals surface area contributed by atoms with Gasteiger partial charge in [-0.25, -0.2) is 4.98 Å². The van der Waals surface area contributed by atoms with Gasteiger partial charge in [0.1, 0.15) is 0 Å². The third kappa shape index (κ3) is 2.03. The molecule has 2 aliphatic carbocycles. The lowest BCUT2D eigenvalue weighted by atomic mass is 9.84. The van der Waals surface area contributed by atoms with Crippen molar-refractivity contribution in [2.75, 3.05) is 0 Å². The van der Waals surface area contributed by atoms with Gasteiger partial charge in [-0.3, -0.25) is 0 Å². The van der Waals surface area contributed by atoms with Crippen molar-refractivity contribution in [1.29, 1.82) is 0 Å². The summed E-state index contributed by atoms with van der Waals surface area (Å²) in [5.41, 5.74) is 7.30. The highest BCUT2D eigenvalue weighted by Gasteiger charge is 2.26. The lowest BCUT2D eigenvalue weighted by Gasteiger charge is -2.25. The van der Waals surface area contributed by atoms with E-state index in [-0.39, 0.29) is 0 Å². The lowest BCUT2D eigenvalue weighted by Crippen LogP contribution is -2.25. The quantitative estimate of drug-likeness (QED) is 0.854. The lowest BCUT2D eigenvalue weighted by molar-refractivity contribution is 0.387. The van der Waals surface area contributed by atoms with Crippen LogP contribution in [-0.2, 0) is 0 Å². The van der Waals surface area contributed by atoms with Gasteiger partial charge >= 0.3 is 0 Å². The van der Waals surface area contributed by atoms with Gasteiger partial charge in [0, 0.05) is 23.3 Å². The molecule has 2 aliphatic rings. The van der Waals surface area contributed by atoms with Crippen molar-refractivity contribution in [2.45, 2.75) is 62.8 Å². The fourth-order valence-corrected chi connectivity index (χ4v) is 3.82. The van der Waals surface area contributed by atoms with Crippen LogP contribution in [0.2, 0.25) is 0 Å². The first-order valence-electron chi connectivity index (χ1n) is 6.54. The Labute approximate surface area is 101 Å². The summed E-state index contributed by atoms with van der Waals surface area (Å²) in [5, 5.41) is 3.70. The van der Waals surface area contributed by atoms with Gasteiger partial charge in [0.2, 0.25) is 0 Å². The highest BCUT2D eigenvalue weighted by molar-refractivity contribution is 7.09. The molecule has 0 amide bonds. The van der Waals surface area contributed by atoms with Crippen molar-refractivity contribution in [3.8, 4) is 0 Å². The minimum absolute atomic E-state index is 0.445. The zero-order valence-electron chi connectivity index (χ0n) is 9.69. The van der Waals surface area contributed by atoms with Crippen LogP contribution >= 0.6 is 11.3 Å². The molecule has 0 saturated heterocycles. The van der Waals surface area contributed by atoms with Crippen LogP contribution in [0.15, 0.2) is 5.38 Å². The first kappa shape index (κ1) is 10.7. The summed E-state index contributed by atoms with van der Waals surface area (Å²) < 4.78 is 0. The van der Waals surface area contributed by atoms with E-state index in [9.17, 15) is 0 Å². The van der Waals surface area contributed by atoms with Gasteiger partial charge in [0.05, 0.1) is 10.7 Å². The minimum atomic E-state index is 0.445. The number of hydrogen-bond acceptors (Lipinski definition) is 3. The summed E-state index contributed by atoms with van der Waals surface area (Å²) in [5.74, 6) is 1.49. The van der Waals surface area contributed by atoms with E-state index in [4.69, 9.17) is 10.7 Å². The minimum Gasteiger partial charge on any atom is -0.328 e. The second kappa shape index (κ2) is 4.46. The topological polar surface area (TPSA) is 38.9 Å². The molecule has 2 nitrogen and oxygen atoms in total. The molecule has 2 saturated carbocycles. The van der Waals surface area contributed by atoms with Crippen LogP contribution in [0.5, 0.6) is 0 Å². The van der Waals surface area contributed by atoms with Crippen LogP contribution in [0.4, 0.5) is 0 Å². The molecule has 0 radical (unpaired) electrons. The molecule has 1 aromatic heterocycles. The normalized spacial score (nSPS) is 31.3.